The van der Waals surface area contributed by atoms with E-state index in [1.54, 1.807) is 24.4 Å². The van der Waals surface area contributed by atoms with E-state index in [0.717, 1.165) is 11.0 Å². The summed E-state index contributed by atoms with van der Waals surface area (Å²) >= 11 is 0. The molecule has 0 unspecified atom stereocenters. The second-order valence-electron chi connectivity index (χ2n) is 4.39. The molecule has 112 valence electrons. The molecule has 0 bridgehead atoms. The number of hydrogen-bond acceptors (Lipinski definition) is 3. The summed E-state index contributed by atoms with van der Waals surface area (Å²) in [6.07, 6.45) is -0.682. The van der Waals surface area contributed by atoms with E-state index in [9.17, 15) is 18.0 Å². The Morgan fingerprint density at radius 2 is 2.19 bits per heavy atom. The van der Waals surface area contributed by atoms with Crippen LogP contribution in [0.2, 0.25) is 0 Å². The van der Waals surface area contributed by atoms with Crippen LogP contribution in [-0.4, -0.2) is 40.2 Å². The summed E-state index contributed by atoms with van der Waals surface area (Å²) < 4.78 is 39.0. The van der Waals surface area contributed by atoms with Gasteiger partial charge in [-0.3, -0.25) is 4.40 Å². The molecular weight excluding hydrogens is 287 g/mol. The van der Waals surface area contributed by atoms with Crippen molar-refractivity contribution >= 4 is 23.5 Å². The van der Waals surface area contributed by atoms with Crippen LogP contribution in [0.15, 0.2) is 30.5 Å². The summed E-state index contributed by atoms with van der Waals surface area (Å²) in [4.78, 5) is 15.7. The minimum Gasteiger partial charge on any atom is -0.478 e. The van der Waals surface area contributed by atoms with Crippen LogP contribution >= 0.6 is 0 Å². The predicted molar refractivity (Wildman–Crippen MR) is 71.2 cm³/mol. The van der Waals surface area contributed by atoms with E-state index in [2.05, 4.69) is 4.98 Å². The highest BCUT2D eigenvalue weighted by Gasteiger charge is 2.31. The van der Waals surface area contributed by atoms with Gasteiger partial charge in [0.05, 0.1) is 5.69 Å². The van der Waals surface area contributed by atoms with Gasteiger partial charge in [0.2, 0.25) is 0 Å². The zero-order valence-corrected chi connectivity index (χ0v) is 11.0. The minimum atomic E-state index is -4.38. The van der Waals surface area contributed by atoms with Crippen molar-refractivity contribution in [1.29, 1.82) is 0 Å². The van der Waals surface area contributed by atoms with Crippen LogP contribution in [0.25, 0.3) is 11.7 Å². The Balaban J connectivity index is 2.51. The van der Waals surface area contributed by atoms with Gasteiger partial charge < -0.3 is 10.0 Å². The van der Waals surface area contributed by atoms with Crippen molar-refractivity contribution in [3.05, 3.63) is 36.2 Å². The van der Waals surface area contributed by atoms with Gasteiger partial charge in [-0.15, -0.1) is 0 Å². The number of aliphatic carboxylic acids is 1. The van der Waals surface area contributed by atoms with Gasteiger partial charge in [0, 0.05) is 19.3 Å². The number of imidazole rings is 1. The summed E-state index contributed by atoms with van der Waals surface area (Å²) in [6.45, 7) is -1.18. The molecule has 2 rings (SSSR count). The Morgan fingerprint density at radius 1 is 1.48 bits per heavy atom. The first-order valence-electron chi connectivity index (χ1n) is 5.94. The second kappa shape index (κ2) is 5.47. The van der Waals surface area contributed by atoms with Gasteiger partial charge in [-0.25, -0.2) is 9.78 Å². The van der Waals surface area contributed by atoms with Crippen molar-refractivity contribution in [2.45, 2.75) is 6.18 Å². The third kappa shape index (κ3) is 3.53. The molecule has 0 aromatic carbocycles. The number of alkyl halides is 3. The van der Waals surface area contributed by atoms with Crippen molar-refractivity contribution in [3.63, 3.8) is 0 Å². The molecule has 21 heavy (non-hydrogen) atoms. The third-order valence-electron chi connectivity index (χ3n) is 2.71. The van der Waals surface area contributed by atoms with Crippen LogP contribution in [-0.2, 0) is 4.79 Å². The average molecular weight is 299 g/mol. The van der Waals surface area contributed by atoms with E-state index in [1.807, 2.05) is 0 Å². The molecule has 0 aliphatic heterocycles. The summed E-state index contributed by atoms with van der Waals surface area (Å²) in [5, 5.41) is 8.69. The minimum absolute atomic E-state index is 0.0658. The molecular formula is C13H12F3N3O2. The van der Waals surface area contributed by atoms with Gasteiger partial charge in [-0.1, -0.05) is 6.07 Å². The maximum absolute atomic E-state index is 12.5. The largest absolute Gasteiger partial charge is 0.478 e. The normalized spacial score (nSPS) is 12.2. The molecule has 0 fully saturated rings. The molecule has 0 amide bonds. The first-order valence-corrected chi connectivity index (χ1v) is 5.94. The van der Waals surface area contributed by atoms with E-state index >= 15 is 0 Å². The molecule has 0 aliphatic rings. The Kier molecular flexibility index (Phi) is 3.88. The fourth-order valence-electron chi connectivity index (χ4n) is 1.93. The van der Waals surface area contributed by atoms with Crippen molar-refractivity contribution < 1.29 is 23.1 Å². The number of halogens is 3. The number of fused-ring (bicyclic) bond motifs is 1. The molecule has 0 saturated carbocycles. The van der Waals surface area contributed by atoms with Crippen LogP contribution < -0.4 is 4.90 Å². The van der Waals surface area contributed by atoms with Crippen LogP contribution in [0.3, 0.4) is 0 Å². The van der Waals surface area contributed by atoms with E-state index < -0.39 is 18.7 Å². The van der Waals surface area contributed by atoms with Crippen molar-refractivity contribution in [1.82, 2.24) is 9.38 Å². The Hall–Kier alpha value is -2.51. The Bertz CT molecular complexity index is 692. The van der Waals surface area contributed by atoms with Gasteiger partial charge in [0.15, 0.2) is 5.82 Å². The van der Waals surface area contributed by atoms with Crippen LogP contribution in [0.5, 0.6) is 0 Å². The van der Waals surface area contributed by atoms with Gasteiger partial charge in [0.25, 0.3) is 0 Å². The number of anilines is 1. The number of carboxylic acid groups (broad SMARTS) is 1. The third-order valence-corrected chi connectivity index (χ3v) is 2.71. The van der Waals surface area contributed by atoms with Crippen LogP contribution in [0, 0.1) is 0 Å². The number of nitrogens with zero attached hydrogens (tertiary/aromatic N) is 3. The number of hydrogen-bond donors (Lipinski definition) is 1. The van der Waals surface area contributed by atoms with E-state index in [4.69, 9.17) is 5.11 Å². The quantitative estimate of drug-likeness (QED) is 0.881. The highest BCUT2D eigenvalue weighted by molar-refractivity contribution is 5.86. The lowest BCUT2D eigenvalue weighted by atomic mass is 10.3. The van der Waals surface area contributed by atoms with Crippen molar-refractivity contribution in [2.24, 2.45) is 0 Å². The zero-order chi connectivity index (χ0) is 15.6. The van der Waals surface area contributed by atoms with E-state index in [1.165, 1.54) is 17.5 Å². The number of carboxylic acids is 1. The molecule has 1 N–H and O–H groups in total. The molecule has 0 aliphatic carbocycles. The molecule has 2 aromatic rings. The molecule has 0 atom stereocenters. The highest BCUT2D eigenvalue weighted by atomic mass is 19.4. The fraction of sp³-hybridized carbons (Fsp3) is 0.231. The fourth-order valence-corrected chi connectivity index (χ4v) is 1.93. The van der Waals surface area contributed by atoms with Crippen molar-refractivity contribution in [3.8, 4) is 0 Å². The Labute approximate surface area is 117 Å². The first kappa shape index (κ1) is 14.9. The predicted octanol–water partition coefficient (Wildman–Crippen LogP) is 2.43. The molecule has 0 spiro atoms. The summed E-state index contributed by atoms with van der Waals surface area (Å²) in [5.74, 6) is -1.12. The van der Waals surface area contributed by atoms with Gasteiger partial charge >= 0.3 is 12.1 Å². The summed E-state index contributed by atoms with van der Waals surface area (Å²) in [5.41, 5.74) is 0.714. The lowest BCUT2D eigenvalue weighted by Crippen LogP contribution is -2.31. The van der Waals surface area contributed by atoms with Crippen LogP contribution in [0.4, 0.5) is 19.0 Å². The highest BCUT2D eigenvalue weighted by Crippen LogP contribution is 2.25. The molecule has 8 heteroatoms. The molecule has 2 heterocycles. The van der Waals surface area contributed by atoms with E-state index in [-0.39, 0.29) is 11.5 Å². The standard InChI is InChI=1S/C13H12F3N3O2/c1-18(8-13(14,15)16)12-9(5-6-11(20)21)19-7-3-2-4-10(19)17-12/h2-7H,8H2,1H3,(H,20,21)/b6-5+. The lowest BCUT2D eigenvalue weighted by molar-refractivity contribution is -0.131. The monoisotopic (exact) mass is 299 g/mol. The number of rotatable bonds is 4. The van der Waals surface area contributed by atoms with Gasteiger partial charge in [-0.2, -0.15) is 13.2 Å². The SMILES string of the molecule is CN(CC(F)(F)F)c1nc2ccccn2c1/C=C/C(=O)O. The zero-order valence-electron chi connectivity index (χ0n) is 11.0. The summed E-state index contributed by atoms with van der Waals surface area (Å²) in [6, 6.07) is 5.00. The smallest absolute Gasteiger partial charge is 0.405 e. The van der Waals surface area contributed by atoms with E-state index in [0.29, 0.717) is 5.65 Å². The summed E-state index contributed by atoms with van der Waals surface area (Å²) in [7, 11) is 1.26. The molecule has 2 aromatic heterocycles. The molecule has 0 radical (unpaired) electrons. The van der Waals surface area contributed by atoms with Crippen LogP contribution in [0.1, 0.15) is 5.69 Å². The first-order chi connectivity index (χ1) is 9.78. The maximum atomic E-state index is 12.5. The molecule has 0 saturated heterocycles. The lowest BCUT2D eigenvalue weighted by Gasteiger charge is -2.19. The maximum Gasteiger partial charge on any atom is 0.405 e. The van der Waals surface area contributed by atoms with Gasteiger partial charge in [-0.05, 0) is 18.2 Å². The Morgan fingerprint density at radius 3 is 2.81 bits per heavy atom. The second-order valence-corrected chi connectivity index (χ2v) is 4.39. The number of aromatic nitrogens is 2. The topological polar surface area (TPSA) is 57.8 Å². The number of pyridine rings is 1. The number of carbonyl (C=O) groups is 1. The average Bonchev–Trinajstić information content (AvgIpc) is 2.73. The molecule has 5 nitrogen and oxygen atoms in total. The van der Waals surface area contributed by atoms with Crippen molar-refractivity contribution in [2.75, 3.05) is 18.5 Å². The van der Waals surface area contributed by atoms with Gasteiger partial charge in [0.1, 0.15) is 12.2 Å².